The molecule has 1 aliphatic rings. The molecule has 0 atom stereocenters. The molecule has 3 heterocycles. The topological polar surface area (TPSA) is 35.2 Å². The summed E-state index contributed by atoms with van der Waals surface area (Å²) in [6, 6.07) is 11.0. The van der Waals surface area contributed by atoms with Crippen molar-refractivity contribution in [1.29, 1.82) is 0 Å². The maximum Gasteiger partial charge on any atom is 0.137 e. The van der Waals surface area contributed by atoms with Crippen LogP contribution in [0.15, 0.2) is 42.7 Å². The van der Waals surface area contributed by atoms with Gasteiger partial charge in [0.2, 0.25) is 0 Å². The lowest BCUT2D eigenvalue weighted by Crippen LogP contribution is -2.44. The number of likely N-dealkylation sites (N-methyl/N-ethyl adjacent to an activating group) is 1. The SMILES string of the molecule is Cc1cc(-c2cnc3[nH]ccc3c2)ccc1N1CCN(C)CC1. The Morgan fingerprint density at radius 3 is 2.61 bits per heavy atom. The molecule has 1 N–H and O–H groups in total. The largest absolute Gasteiger partial charge is 0.369 e. The van der Waals surface area contributed by atoms with Crippen LogP contribution in [0.3, 0.4) is 0 Å². The van der Waals surface area contributed by atoms with Crippen LogP contribution >= 0.6 is 0 Å². The summed E-state index contributed by atoms with van der Waals surface area (Å²) in [7, 11) is 2.19. The van der Waals surface area contributed by atoms with E-state index in [0.29, 0.717) is 0 Å². The molecule has 0 amide bonds. The number of nitrogens with zero attached hydrogens (tertiary/aromatic N) is 3. The zero-order chi connectivity index (χ0) is 15.8. The van der Waals surface area contributed by atoms with E-state index in [-0.39, 0.29) is 0 Å². The van der Waals surface area contributed by atoms with Crippen LogP contribution in [0.2, 0.25) is 0 Å². The fourth-order valence-electron chi connectivity index (χ4n) is 3.33. The zero-order valence-corrected chi connectivity index (χ0v) is 13.7. The summed E-state index contributed by atoms with van der Waals surface area (Å²) in [4.78, 5) is 12.5. The second-order valence-electron chi connectivity index (χ2n) is 6.43. The van der Waals surface area contributed by atoms with Gasteiger partial charge in [-0.3, -0.25) is 0 Å². The van der Waals surface area contributed by atoms with Gasteiger partial charge in [0, 0.05) is 55.2 Å². The van der Waals surface area contributed by atoms with E-state index >= 15 is 0 Å². The first-order valence-corrected chi connectivity index (χ1v) is 8.18. The Hall–Kier alpha value is -2.33. The average molecular weight is 306 g/mol. The quantitative estimate of drug-likeness (QED) is 0.789. The van der Waals surface area contributed by atoms with E-state index in [4.69, 9.17) is 0 Å². The van der Waals surface area contributed by atoms with Gasteiger partial charge in [0.25, 0.3) is 0 Å². The Balaban J connectivity index is 1.64. The highest BCUT2D eigenvalue weighted by Crippen LogP contribution is 2.28. The number of pyridine rings is 1. The van der Waals surface area contributed by atoms with Gasteiger partial charge < -0.3 is 14.8 Å². The molecule has 4 heteroatoms. The first-order valence-electron chi connectivity index (χ1n) is 8.18. The minimum absolute atomic E-state index is 0.944. The smallest absolute Gasteiger partial charge is 0.137 e. The number of nitrogens with one attached hydrogen (secondary N) is 1. The van der Waals surface area contributed by atoms with Gasteiger partial charge in [0.05, 0.1) is 0 Å². The number of aromatic amines is 1. The number of H-pyrrole nitrogens is 1. The van der Waals surface area contributed by atoms with Crippen molar-refractivity contribution in [2.75, 3.05) is 38.1 Å². The third-order valence-electron chi connectivity index (χ3n) is 4.77. The van der Waals surface area contributed by atoms with E-state index in [1.807, 2.05) is 12.4 Å². The summed E-state index contributed by atoms with van der Waals surface area (Å²) in [5, 5.41) is 1.16. The van der Waals surface area contributed by atoms with Gasteiger partial charge in [-0.05, 0) is 49.4 Å². The molecule has 0 unspecified atom stereocenters. The molecule has 4 nitrogen and oxygen atoms in total. The summed E-state index contributed by atoms with van der Waals surface area (Å²) in [5.74, 6) is 0. The average Bonchev–Trinajstić information content (AvgIpc) is 3.03. The number of hydrogen-bond acceptors (Lipinski definition) is 3. The lowest BCUT2D eigenvalue weighted by Gasteiger charge is -2.35. The second-order valence-corrected chi connectivity index (χ2v) is 6.43. The summed E-state index contributed by atoms with van der Waals surface area (Å²) in [6.07, 6.45) is 3.88. The molecule has 1 saturated heterocycles. The Morgan fingerprint density at radius 1 is 1.00 bits per heavy atom. The number of rotatable bonds is 2. The Morgan fingerprint density at radius 2 is 1.83 bits per heavy atom. The summed E-state index contributed by atoms with van der Waals surface area (Å²) >= 11 is 0. The summed E-state index contributed by atoms with van der Waals surface area (Å²) < 4.78 is 0. The molecular weight excluding hydrogens is 284 g/mol. The van der Waals surface area contributed by atoms with Crippen LogP contribution in [0.25, 0.3) is 22.2 Å². The number of aromatic nitrogens is 2. The number of fused-ring (bicyclic) bond motifs is 1. The maximum absolute atomic E-state index is 4.50. The van der Waals surface area contributed by atoms with E-state index in [1.54, 1.807) is 0 Å². The molecule has 118 valence electrons. The van der Waals surface area contributed by atoms with Crippen LogP contribution in [-0.2, 0) is 0 Å². The molecule has 1 aromatic carbocycles. The lowest BCUT2D eigenvalue weighted by atomic mass is 10.0. The highest BCUT2D eigenvalue weighted by atomic mass is 15.2. The molecule has 2 aromatic heterocycles. The third-order valence-corrected chi connectivity index (χ3v) is 4.77. The van der Waals surface area contributed by atoms with Crippen molar-refractivity contribution in [3.05, 3.63) is 48.3 Å². The number of hydrogen-bond donors (Lipinski definition) is 1. The molecule has 3 aromatic rings. The van der Waals surface area contributed by atoms with Gasteiger partial charge in [0.15, 0.2) is 0 Å². The van der Waals surface area contributed by atoms with Crippen molar-refractivity contribution >= 4 is 16.7 Å². The summed E-state index contributed by atoms with van der Waals surface area (Å²) in [6.45, 7) is 6.69. The highest BCUT2D eigenvalue weighted by Gasteiger charge is 2.16. The third kappa shape index (κ3) is 2.70. The molecule has 0 saturated carbocycles. The highest BCUT2D eigenvalue weighted by molar-refractivity contribution is 5.82. The molecule has 4 rings (SSSR count). The predicted octanol–water partition coefficient (Wildman–Crippen LogP) is 3.29. The van der Waals surface area contributed by atoms with Gasteiger partial charge >= 0.3 is 0 Å². The zero-order valence-electron chi connectivity index (χ0n) is 13.7. The van der Waals surface area contributed by atoms with Crippen LogP contribution in [-0.4, -0.2) is 48.1 Å². The van der Waals surface area contributed by atoms with Crippen molar-refractivity contribution in [2.24, 2.45) is 0 Å². The van der Waals surface area contributed by atoms with E-state index in [1.165, 1.54) is 22.4 Å². The lowest BCUT2D eigenvalue weighted by molar-refractivity contribution is 0.312. The van der Waals surface area contributed by atoms with Gasteiger partial charge in [-0.1, -0.05) is 6.07 Å². The van der Waals surface area contributed by atoms with Gasteiger partial charge in [-0.25, -0.2) is 4.98 Å². The van der Waals surface area contributed by atoms with Crippen LogP contribution in [0.5, 0.6) is 0 Å². The van der Waals surface area contributed by atoms with Crippen molar-refractivity contribution < 1.29 is 0 Å². The number of benzene rings is 1. The van der Waals surface area contributed by atoms with E-state index < -0.39 is 0 Å². The van der Waals surface area contributed by atoms with E-state index in [9.17, 15) is 0 Å². The predicted molar refractivity (Wildman–Crippen MR) is 96.0 cm³/mol. The number of aryl methyl sites for hydroxylation is 1. The Bertz CT molecular complexity index is 828. The fourth-order valence-corrected chi connectivity index (χ4v) is 3.33. The molecule has 0 radical (unpaired) electrons. The molecule has 23 heavy (non-hydrogen) atoms. The van der Waals surface area contributed by atoms with E-state index in [0.717, 1.165) is 37.2 Å². The van der Waals surface area contributed by atoms with Crippen LogP contribution in [0.4, 0.5) is 5.69 Å². The number of piperazine rings is 1. The first kappa shape index (κ1) is 14.3. The van der Waals surface area contributed by atoms with E-state index in [2.05, 4.69) is 64.1 Å². The molecule has 0 bridgehead atoms. The number of anilines is 1. The van der Waals surface area contributed by atoms with Crippen LogP contribution in [0.1, 0.15) is 5.56 Å². The minimum Gasteiger partial charge on any atom is -0.369 e. The molecule has 1 fully saturated rings. The standard InChI is InChI=1S/C19H22N4/c1-14-11-15(17-12-16-5-6-20-19(16)21-13-17)3-4-18(14)23-9-7-22(2)8-10-23/h3-6,11-13H,7-10H2,1-2H3,(H,20,21). The van der Waals surface area contributed by atoms with Crippen LogP contribution in [0, 0.1) is 6.92 Å². The minimum atomic E-state index is 0.944. The van der Waals surface area contributed by atoms with Crippen molar-refractivity contribution in [3.63, 3.8) is 0 Å². The van der Waals surface area contributed by atoms with Crippen molar-refractivity contribution in [3.8, 4) is 11.1 Å². The molecule has 0 spiro atoms. The Kier molecular flexibility index (Phi) is 3.54. The maximum atomic E-state index is 4.50. The molecular formula is C19H22N4. The van der Waals surface area contributed by atoms with Gasteiger partial charge in [-0.15, -0.1) is 0 Å². The van der Waals surface area contributed by atoms with Crippen LogP contribution < -0.4 is 4.90 Å². The molecule has 0 aliphatic carbocycles. The normalized spacial score (nSPS) is 16.2. The first-order chi connectivity index (χ1) is 11.2. The summed E-state index contributed by atoms with van der Waals surface area (Å²) in [5.41, 5.74) is 6.04. The van der Waals surface area contributed by atoms with Gasteiger partial charge in [-0.2, -0.15) is 0 Å². The fraction of sp³-hybridized carbons (Fsp3) is 0.316. The monoisotopic (exact) mass is 306 g/mol. The Labute approximate surface area is 136 Å². The van der Waals surface area contributed by atoms with Crippen molar-refractivity contribution in [2.45, 2.75) is 6.92 Å². The van der Waals surface area contributed by atoms with Crippen molar-refractivity contribution in [1.82, 2.24) is 14.9 Å². The molecule has 1 aliphatic heterocycles. The second kappa shape index (κ2) is 5.70. The van der Waals surface area contributed by atoms with Gasteiger partial charge in [0.1, 0.15) is 5.65 Å².